The summed E-state index contributed by atoms with van der Waals surface area (Å²) in [4.78, 5) is 6.11. The van der Waals surface area contributed by atoms with E-state index in [1.807, 2.05) is 97.1 Å². The zero-order valence-corrected chi connectivity index (χ0v) is 36.9. The van der Waals surface area contributed by atoms with Crippen LogP contribution in [0.2, 0.25) is 0 Å². The first kappa shape index (κ1) is 42.5. The van der Waals surface area contributed by atoms with E-state index in [4.69, 9.17) is 4.74 Å². The van der Waals surface area contributed by atoms with Crippen LogP contribution in [0.25, 0.3) is 22.3 Å². The van der Waals surface area contributed by atoms with Gasteiger partial charge in [-0.2, -0.15) is 26.3 Å². The lowest BCUT2D eigenvalue weighted by Crippen LogP contribution is -2.26. The number of halogens is 6. The number of nitrogens with zero attached hydrogens (tertiary/aromatic N) is 2. The summed E-state index contributed by atoms with van der Waals surface area (Å²) in [6.07, 6.45) is -1.80. The number of fused-ring (bicyclic) bond motifs is 4. The van der Waals surface area contributed by atoms with Crippen LogP contribution in [-0.2, 0) is 12.4 Å². The molecule has 3 nitrogen and oxygen atoms in total. The van der Waals surface area contributed by atoms with Crippen molar-refractivity contribution in [3.63, 3.8) is 0 Å². The van der Waals surface area contributed by atoms with Crippen LogP contribution in [-0.4, -0.2) is 0 Å². The Balaban J connectivity index is 1.45. The summed E-state index contributed by atoms with van der Waals surface area (Å²) in [6, 6.07) is 42.6. The highest BCUT2D eigenvalue weighted by Crippen LogP contribution is 2.66. The molecule has 2 heterocycles. The van der Waals surface area contributed by atoms with Gasteiger partial charge in [0.25, 0.3) is 0 Å². The molecule has 10 heteroatoms. The third-order valence-corrected chi connectivity index (χ3v) is 15.0. The molecule has 0 bridgehead atoms. The highest BCUT2D eigenvalue weighted by atomic mass is 32.2. The molecule has 4 aliphatic rings. The fourth-order valence-electron chi connectivity index (χ4n) is 11.1. The van der Waals surface area contributed by atoms with Gasteiger partial charge < -0.3 is 14.5 Å². The molecular formula is C56H46F6N2OS. The number of para-hydroxylation sites is 6. The van der Waals surface area contributed by atoms with Crippen molar-refractivity contribution in [3.05, 3.63) is 168 Å². The lowest BCUT2D eigenvalue weighted by atomic mass is 9.71. The molecule has 334 valence electrons. The van der Waals surface area contributed by atoms with E-state index < -0.39 is 23.5 Å². The van der Waals surface area contributed by atoms with Gasteiger partial charge in [-0.05, 0) is 115 Å². The maximum Gasteiger partial charge on any atom is 0.417 e. The molecular weight excluding hydrogens is 863 g/mol. The zero-order valence-electron chi connectivity index (χ0n) is 36.1. The Morgan fingerprint density at radius 1 is 0.409 bits per heavy atom. The third kappa shape index (κ3) is 7.32. The standard InChI is InChI=1S/C56H46F6N2OS/c57-55(58,59)39-25-9-7-23-37(39)51-49(35-19-3-1-4-20-35)52(38-24-8-10-26-40(38)56(60,61)62)54(64-43-29-13-17-33-47(43)66-48-34-18-14-30-44(48)64)50(36-21-5-2-6-22-36)53(51)63-41-27-11-15-31-45(41)65-46-32-16-12-28-42(46)63/h7-18,23-36H,1-6,19-22H2. The van der Waals surface area contributed by atoms with Gasteiger partial charge in [0, 0.05) is 26.5 Å². The van der Waals surface area contributed by atoms with Crippen molar-refractivity contribution < 1.29 is 31.1 Å². The van der Waals surface area contributed by atoms with Crippen LogP contribution in [0.1, 0.15) is 98.3 Å². The Bertz CT molecular complexity index is 2700. The monoisotopic (exact) mass is 908 g/mol. The molecule has 2 aliphatic heterocycles. The quantitative estimate of drug-likeness (QED) is 0.154. The SMILES string of the molecule is FC(F)(F)c1ccccc1-c1c(C2CCCCC2)c(-c2ccccc2C(F)(F)F)c(N2c3ccccc3Sc3ccccc32)c(C2CCCCC2)c1N1c2ccccc2Oc2ccccc21. The predicted molar refractivity (Wildman–Crippen MR) is 253 cm³/mol. The number of alkyl halides is 6. The summed E-state index contributed by atoms with van der Waals surface area (Å²) in [6.45, 7) is 0. The fraction of sp³-hybridized carbons (Fsp3) is 0.250. The second kappa shape index (κ2) is 16.9. The molecule has 7 aromatic carbocycles. The second-order valence-electron chi connectivity index (χ2n) is 17.8. The molecule has 0 radical (unpaired) electrons. The molecule has 2 saturated carbocycles. The molecule has 0 amide bonds. The molecule has 0 unspecified atom stereocenters. The van der Waals surface area contributed by atoms with Crippen molar-refractivity contribution in [3.8, 4) is 33.8 Å². The molecule has 0 spiro atoms. The smallest absolute Gasteiger partial charge is 0.417 e. The zero-order chi connectivity index (χ0) is 45.2. The fourth-order valence-corrected chi connectivity index (χ4v) is 12.2. The topological polar surface area (TPSA) is 15.7 Å². The first-order chi connectivity index (χ1) is 32.1. The first-order valence-electron chi connectivity index (χ1n) is 23.0. The highest BCUT2D eigenvalue weighted by Gasteiger charge is 2.45. The van der Waals surface area contributed by atoms with E-state index in [2.05, 4.69) is 9.80 Å². The van der Waals surface area contributed by atoms with Crippen LogP contribution in [0, 0.1) is 0 Å². The Labute approximate surface area is 385 Å². The third-order valence-electron chi connectivity index (χ3n) is 13.9. The van der Waals surface area contributed by atoms with Gasteiger partial charge in [-0.25, -0.2) is 0 Å². The maximum atomic E-state index is 16.0. The molecule has 66 heavy (non-hydrogen) atoms. The van der Waals surface area contributed by atoms with Crippen LogP contribution >= 0.6 is 11.8 Å². The normalized spacial score (nSPS) is 16.5. The minimum Gasteiger partial charge on any atom is -0.453 e. The minimum atomic E-state index is -4.80. The van der Waals surface area contributed by atoms with Crippen LogP contribution in [0.3, 0.4) is 0 Å². The van der Waals surface area contributed by atoms with Gasteiger partial charge in [-0.3, -0.25) is 0 Å². The number of ether oxygens (including phenoxy) is 1. The van der Waals surface area contributed by atoms with E-state index >= 15 is 26.3 Å². The Hall–Kier alpha value is -6.13. The van der Waals surface area contributed by atoms with E-state index in [0.29, 0.717) is 76.6 Å². The Kier molecular flexibility index (Phi) is 10.9. The Morgan fingerprint density at radius 3 is 1.23 bits per heavy atom. The highest BCUT2D eigenvalue weighted by molar-refractivity contribution is 7.99. The number of anilines is 6. The van der Waals surface area contributed by atoms with Crippen LogP contribution in [0.4, 0.5) is 60.5 Å². The largest absolute Gasteiger partial charge is 0.453 e. The van der Waals surface area contributed by atoms with Crippen LogP contribution < -0.4 is 14.5 Å². The maximum absolute atomic E-state index is 16.0. The number of hydrogen-bond donors (Lipinski definition) is 0. The van der Waals surface area contributed by atoms with E-state index in [-0.39, 0.29) is 23.0 Å². The second-order valence-corrected chi connectivity index (χ2v) is 18.9. The molecule has 7 aromatic rings. The molecule has 0 atom stereocenters. The van der Waals surface area contributed by atoms with E-state index in [1.165, 1.54) is 18.2 Å². The van der Waals surface area contributed by atoms with Gasteiger partial charge in [0.2, 0.25) is 0 Å². The van der Waals surface area contributed by atoms with Gasteiger partial charge in [-0.15, -0.1) is 0 Å². The average molecular weight is 909 g/mol. The lowest BCUT2D eigenvalue weighted by Gasteiger charge is -2.44. The van der Waals surface area contributed by atoms with Crippen molar-refractivity contribution in [2.24, 2.45) is 0 Å². The van der Waals surface area contributed by atoms with E-state index in [1.54, 1.807) is 30.0 Å². The van der Waals surface area contributed by atoms with E-state index in [0.717, 1.165) is 77.4 Å². The number of hydrogen-bond acceptors (Lipinski definition) is 4. The molecule has 0 aromatic heterocycles. The molecule has 0 saturated heterocycles. The summed E-state index contributed by atoms with van der Waals surface area (Å²) < 4.78 is 102. The summed E-state index contributed by atoms with van der Waals surface area (Å²) in [7, 11) is 0. The summed E-state index contributed by atoms with van der Waals surface area (Å²) in [5.41, 5.74) is 4.19. The van der Waals surface area contributed by atoms with Crippen molar-refractivity contribution in [1.82, 2.24) is 0 Å². The average Bonchev–Trinajstić information content (AvgIpc) is 3.34. The Morgan fingerprint density at radius 2 is 0.773 bits per heavy atom. The number of benzene rings is 7. The minimum absolute atomic E-state index is 0.0362. The van der Waals surface area contributed by atoms with Gasteiger partial charge in [0.1, 0.15) is 0 Å². The van der Waals surface area contributed by atoms with Crippen LogP contribution in [0.5, 0.6) is 11.5 Å². The van der Waals surface area contributed by atoms with E-state index in [9.17, 15) is 0 Å². The molecule has 2 aliphatic carbocycles. The van der Waals surface area contributed by atoms with Gasteiger partial charge in [0.05, 0.1) is 45.3 Å². The van der Waals surface area contributed by atoms with Gasteiger partial charge in [0.15, 0.2) is 11.5 Å². The summed E-state index contributed by atoms with van der Waals surface area (Å²) >= 11 is 1.61. The van der Waals surface area contributed by atoms with Gasteiger partial charge in [-0.1, -0.05) is 135 Å². The predicted octanol–water partition coefficient (Wildman–Crippen LogP) is 18.7. The summed E-state index contributed by atoms with van der Waals surface area (Å²) in [5, 5.41) is 0. The molecule has 11 rings (SSSR count). The molecule has 2 fully saturated rings. The summed E-state index contributed by atoms with van der Waals surface area (Å²) in [5.74, 6) is 0.408. The number of rotatable bonds is 6. The van der Waals surface area contributed by atoms with Crippen molar-refractivity contribution >= 4 is 45.9 Å². The van der Waals surface area contributed by atoms with Crippen molar-refractivity contribution in [2.75, 3.05) is 9.80 Å². The van der Waals surface area contributed by atoms with Crippen molar-refractivity contribution in [2.45, 2.75) is 98.2 Å². The van der Waals surface area contributed by atoms with Crippen molar-refractivity contribution in [1.29, 1.82) is 0 Å². The van der Waals surface area contributed by atoms with Gasteiger partial charge >= 0.3 is 12.4 Å². The lowest BCUT2D eigenvalue weighted by molar-refractivity contribution is -0.137. The van der Waals surface area contributed by atoms with Crippen LogP contribution in [0.15, 0.2) is 155 Å². The molecule has 0 N–H and O–H groups in total. The first-order valence-corrected chi connectivity index (χ1v) is 23.8.